The average molecular weight is 590 g/mol. The second-order valence-corrected chi connectivity index (χ2v) is 19.0. The minimum absolute atomic E-state index is 0.0137. The van der Waals surface area contributed by atoms with Crippen LogP contribution in [-0.2, 0) is 14.8 Å². The number of sulfonamides is 1. The normalized spacial score (nSPS) is 17.9. The van der Waals surface area contributed by atoms with Gasteiger partial charge in [0.25, 0.3) is 0 Å². The van der Waals surface area contributed by atoms with E-state index in [0.717, 1.165) is 0 Å². The van der Waals surface area contributed by atoms with Crippen molar-refractivity contribution in [1.82, 2.24) is 19.7 Å². The van der Waals surface area contributed by atoms with Crippen LogP contribution in [0.15, 0.2) is 41.0 Å². The van der Waals surface area contributed by atoms with Gasteiger partial charge in [-0.25, -0.2) is 12.7 Å². The Morgan fingerprint density at radius 3 is 2.27 bits per heavy atom. The first-order valence-electron chi connectivity index (χ1n) is 13.4. The molecule has 3 aromatic rings. The Balaban J connectivity index is 1.86. The van der Waals surface area contributed by atoms with Crippen molar-refractivity contribution in [2.24, 2.45) is 5.92 Å². The van der Waals surface area contributed by atoms with Crippen LogP contribution in [0.4, 0.5) is 5.95 Å². The van der Waals surface area contributed by atoms with E-state index in [1.54, 1.807) is 39.8 Å². The third-order valence-corrected chi connectivity index (χ3v) is 10.6. The van der Waals surface area contributed by atoms with E-state index in [9.17, 15) is 13.2 Å². The van der Waals surface area contributed by atoms with Crippen LogP contribution in [0.5, 0.6) is 11.5 Å². The maximum absolute atomic E-state index is 14.1. The Bertz CT molecular complexity index is 1410. The summed E-state index contributed by atoms with van der Waals surface area (Å²) in [6, 6.07) is 9.43. The molecular formula is C27H39N5O6SSi. The second-order valence-electron chi connectivity index (χ2n) is 11.4. The molecule has 1 aromatic carbocycles. The van der Waals surface area contributed by atoms with Gasteiger partial charge in [0.2, 0.25) is 27.7 Å². The number of benzene rings is 1. The molecule has 2 atom stereocenters. The first-order valence-corrected chi connectivity index (χ1v) is 18.7. The number of carbonyl (C=O) groups excluding carboxylic acids is 1. The van der Waals surface area contributed by atoms with Crippen molar-refractivity contribution < 1.29 is 27.1 Å². The molecule has 1 aliphatic heterocycles. The molecule has 1 aliphatic rings. The molecule has 2 aromatic heterocycles. The highest BCUT2D eigenvalue weighted by atomic mass is 32.2. The lowest BCUT2D eigenvalue weighted by molar-refractivity contribution is -0.131. The van der Waals surface area contributed by atoms with E-state index >= 15 is 0 Å². The smallest absolute Gasteiger partial charge is 0.246 e. The largest absolute Gasteiger partial charge is 0.494 e. The highest BCUT2D eigenvalue weighted by molar-refractivity contribution is 7.92. The molecule has 4 rings (SSSR count). The molecule has 40 heavy (non-hydrogen) atoms. The summed E-state index contributed by atoms with van der Waals surface area (Å²) >= 11 is 0. The maximum Gasteiger partial charge on any atom is 0.246 e. The predicted octanol–water partition coefficient (Wildman–Crippen LogP) is 4.28. The summed E-state index contributed by atoms with van der Waals surface area (Å²) in [6.07, 6.45) is 2.23. The number of likely N-dealkylation sites (tertiary alicyclic amines) is 1. The van der Waals surface area contributed by atoms with Gasteiger partial charge >= 0.3 is 0 Å². The summed E-state index contributed by atoms with van der Waals surface area (Å²) in [6.45, 7) is 10.7. The molecule has 0 spiro atoms. The Kier molecular flexibility index (Phi) is 8.64. The van der Waals surface area contributed by atoms with E-state index < -0.39 is 18.1 Å². The van der Waals surface area contributed by atoms with Crippen LogP contribution in [0.3, 0.4) is 0 Å². The summed E-state index contributed by atoms with van der Waals surface area (Å²) in [5.41, 5.74) is 0.448. The summed E-state index contributed by atoms with van der Waals surface area (Å²) in [7, 11) is -2.57. The number of rotatable bonds is 12. The first-order chi connectivity index (χ1) is 18.9. The summed E-state index contributed by atoms with van der Waals surface area (Å²) in [5.74, 6) is 1.32. The number of nitrogens with zero attached hydrogens (tertiary/aromatic N) is 5. The molecule has 1 amide bonds. The molecule has 1 saturated heterocycles. The van der Waals surface area contributed by atoms with Gasteiger partial charge in [0, 0.05) is 33.1 Å². The summed E-state index contributed by atoms with van der Waals surface area (Å²) in [4.78, 5) is 14.4. The van der Waals surface area contributed by atoms with Crippen LogP contribution in [0, 0.1) is 5.92 Å². The zero-order valence-corrected chi connectivity index (χ0v) is 26.1. The lowest BCUT2D eigenvalue weighted by Gasteiger charge is -2.29. The SMILES string of the molecule is COc1cccc(OC)c1-n1c(-c2ccco2)nnc1N(CC[Si](C)(C)C)S(=O)(=O)CCN1C(=O)[C@@H](C)C[C@H]1C. The van der Waals surface area contributed by atoms with Gasteiger partial charge in [-0.15, -0.1) is 10.2 Å². The standard InChI is InChI=1S/C27H39N5O6SSi/c1-19-18-20(2)30(26(19)33)13-16-39(34,35)31(14-17-40(5,6)7)27-29-28-25(23-12-9-15-38-23)32(27)24-21(36-3)10-8-11-22(24)37-4/h8-12,15,19-20H,13-14,16-18H2,1-7H3/t19-,20+/m0/s1. The van der Waals surface area contributed by atoms with Crippen LogP contribution >= 0.6 is 0 Å². The van der Waals surface area contributed by atoms with Gasteiger partial charge in [0.05, 0.1) is 26.2 Å². The molecule has 1 fully saturated rings. The number of hydrogen-bond donors (Lipinski definition) is 0. The lowest BCUT2D eigenvalue weighted by atomic mass is 10.1. The van der Waals surface area contributed by atoms with Crippen molar-refractivity contribution in [3.8, 4) is 28.8 Å². The fourth-order valence-corrected chi connectivity index (χ4v) is 7.40. The number of ether oxygens (including phenoxy) is 2. The van der Waals surface area contributed by atoms with Gasteiger partial charge in [0.1, 0.15) is 17.2 Å². The molecule has 218 valence electrons. The Morgan fingerprint density at radius 1 is 1.07 bits per heavy atom. The molecule has 0 bridgehead atoms. The Hall–Kier alpha value is -3.32. The molecule has 3 heterocycles. The third kappa shape index (κ3) is 6.04. The van der Waals surface area contributed by atoms with Gasteiger partial charge in [-0.2, -0.15) is 0 Å². The molecule has 0 saturated carbocycles. The van der Waals surface area contributed by atoms with E-state index in [2.05, 4.69) is 29.8 Å². The summed E-state index contributed by atoms with van der Waals surface area (Å²) < 4.78 is 48.2. The number of para-hydroxylation sites is 1. The number of furan rings is 1. The first kappa shape index (κ1) is 29.7. The minimum Gasteiger partial charge on any atom is -0.494 e. The van der Waals surface area contributed by atoms with Gasteiger partial charge in [-0.05, 0) is 43.7 Å². The molecule has 11 nitrogen and oxygen atoms in total. The van der Waals surface area contributed by atoms with Gasteiger partial charge < -0.3 is 18.8 Å². The maximum atomic E-state index is 14.1. The van der Waals surface area contributed by atoms with Crippen LogP contribution in [0.25, 0.3) is 17.3 Å². The Morgan fingerprint density at radius 2 is 1.75 bits per heavy atom. The van der Waals surface area contributed by atoms with Crippen molar-refractivity contribution >= 4 is 30.0 Å². The average Bonchev–Trinajstić information content (AvgIpc) is 3.62. The van der Waals surface area contributed by atoms with Gasteiger partial charge in [0.15, 0.2) is 5.76 Å². The zero-order valence-electron chi connectivity index (χ0n) is 24.2. The van der Waals surface area contributed by atoms with E-state index in [4.69, 9.17) is 13.9 Å². The molecule has 0 aliphatic carbocycles. The second kappa shape index (κ2) is 11.7. The van der Waals surface area contributed by atoms with Crippen molar-refractivity contribution in [2.45, 2.75) is 52.0 Å². The molecule has 13 heteroatoms. The lowest BCUT2D eigenvalue weighted by Crippen LogP contribution is -2.43. The van der Waals surface area contributed by atoms with Crippen molar-refractivity contribution in [3.05, 3.63) is 36.6 Å². The molecule has 0 unspecified atom stereocenters. The summed E-state index contributed by atoms with van der Waals surface area (Å²) in [5, 5.41) is 8.80. The highest BCUT2D eigenvalue weighted by Gasteiger charge is 2.37. The van der Waals surface area contributed by atoms with Crippen LogP contribution in [-0.4, -0.2) is 81.2 Å². The van der Waals surface area contributed by atoms with E-state index in [0.29, 0.717) is 41.2 Å². The van der Waals surface area contributed by atoms with E-state index in [-0.39, 0.29) is 42.7 Å². The number of methoxy groups -OCH3 is 2. The van der Waals surface area contributed by atoms with Crippen molar-refractivity contribution in [2.75, 3.05) is 37.4 Å². The fourth-order valence-electron chi connectivity index (χ4n) is 4.96. The topological polar surface area (TPSA) is 120 Å². The minimum atomic E-state index is -3.95. The number of amides is 1. The highest BCUT2D eigenvalue weighted by Crippen LogP contribution is 2.39. The van der Waals surface area contributed by atoms with Gasteiger partial charge in [-0.3, -0.25) is 9.36 Å². The molecule has 0 radical (unpaired) electrons. The van der Waals surface area contributed by atoms with E-state index in [1.165, 1.54) is 24.8 Å². The molecule has 0 N–H and O–H groups in total. The van der Waals surface area contributed by atoms with E-state index in [1.807, 2.05) is 13.8 Å². The van der Waals surface area contributed by atoms with Crippen LogP contribution in [0.1, 0.15) is 20.3 Å². The monoisotopic (exact) mass is 589 g/mol. The van der Waals surface area contributed by atoms with Crippen molar-refractivity contribution in [3.63, 3.8) is 0 Å². The zero-order chi connectivity index (χ0) is 29.2. The van der Waals surface area contributed by atoms with Crippen molar-refractivity contribution in [1.29, 1.82) is 0 Å². The quantitative estimate of drug-likeness (QED) is 0.287. The number of anilines is 1. The fraction of sp³-hybridized carbons (Fsp3) is 0.519. The van der Waals surface area contributed by atoms with Crippen LogP contribution < -0.4 is 13.8 Å². The van der Waals surface area contributed by atoms with Crippen LogP contribution in [0.2, 0.25) is 25.7 Å². The van der Waals surface area contributed by atoms with Gasteiger partial charge in [-0.1, -0.05) is 32.6 Å². The predicted molar refractivity (Wildman–Crippen MR) is 156 cm³/mol. The third-order valence-electron chi connectivity index (χ3n) is 7.16. The number of aromatic nitrogens is 3. The number of carbonyl (C=O) groups is 1. The number of hydrogen-bond acceptors (Lipinski definition) is 8. The Labute approximate surface area is 237 Å². The molecular weight excluding hydrogens is 550 g/mol.